The lowest BCUT2D eigenvalue weighted by Gasteiger charge is -2.28. The summed E-state index contributed by atoms with van der Waals surface area (Å²) in [5, 5.41) is 3.72. The molecular formula is C16H28N2O. The average Bonchev–Trinajstić information content (AvgIpc) is 2.80. The molecule has 3 aliphatic rings. The topological polar surface area (TPSA) is 32.3 Å². The molecule has 0 radical (unpaired) electrons. The van der Waals surface area contributed by atoms with Crippen LogP contribution in [-0.4, -0.2) is 29.1 Å². The molecule has 1 heterocycles. The van der Waals surface area contributed by atoms with Gasteiger partial charge in [-0.3, -0.25) is 10.1 Å². The smallest absolute Gasteiger partial charge is 0.244 e. The van der Waals surface area contributed by atoms with Gasteiger partial charge in [0.1, 0.15) is 0 Å². The Morgan fingerprint density at radius 2 is 1.89 bits per heavy atom. The Hall–Kier alpha value is -0.570. The highest BCUT2D eigenvalue weighted by atomic mass is 16.2. The Morgan fingerprint density at radius 1 is 1.26 bits per heavy atom. The van der Waals surface area contributed by atoms with E-state index in [4.69, 9.17) is 0 Å². The van der Waals surface area contributed by atoms with E-state index in [1.54, 1.807) is 0 Å². The van der Waals surface area contributed by atoms with E-state index >= 15 is 0 Å². The van der Waals surface area contributed by atoms with E-state index in [9.17, 15) is 4.79 Å². The lowest BCUT2D eigenvalue weighted by atomic mass is 9.97. The van der Waals surface area contributed by atoms with Gasteiger partial charge in [0.2, 0.25) is 5.91 Å². The molecule has 2 saturated carbocycles. The summed E-state index contributed by atoms with van der Waals surface area (Å²) in [7, 11) is 0. The summed E-state index contributed by atoms with van der Waals surface area (Å²) >= 11 is 0. The molecule has 0 aromatic rings. The minimum atomic E-state index is -0.190. The summed E-state index contributed by atoms with van der Waals surface area (Å²) in [6, 6.07) is 0. The summed E-state index contributed by atoms with van der Waals surface area (Å²) in [6.07, 6.45) is 8.46. The number of carbonyl (C=O) groups is 1. The fraction of sp³-hybridized carbons (Fsp3) is 0.938. The molecule has 0 aromatic heterocycles. The highest BCUT2D eigenvalue weighted by Crippen LogP contribution is 2.48. The van der Waals surface area contributed by atoms with E-state index in [1.807, 2.05) is 0 Å². The fourth-order valence-corrected chi connectivity index (χ4v) is 3.81. The van der Waals surface area contributed by atoms with Crippen LogP contribution in [0.4, 0.5) is 0 Å². The Bertz CT molecular complexity index is 367. The van der Waals surface area contributed by atoms with Gasteiger partial charge in [-0.25, -0.2) is 0 Å². The average molecular weight is 264 g/mol. The largest absolute Gasteiger partial charge is 0.325 e. The van der Waals surface area contributed by atoms with E-state index in [0.717, 1.165) is 25.8 Å². The third-order valence-electron chi connectivity index (χ3n) is 5.30. The number of hydrogen-bond acceptors (Lipinski definition) is 2. The van der Waals surface area contributed by atoms with Crippen LogP contribution >= 0.6 is 0 Å². The van der Waals surface area contributed by atoms with Gasteiger partial charge in [0.05, 0.1) is 11.7 Å². The van der Waals surface area contributed by atoms with E-state index in [2.05, 4.69) is 31.0 Å². The summed E-state index contributed by atoms with van der Waals surface area (Å²) < 4.78 is 0. The molecule has 1 unspecified atom stereocenters. The van der Waals surface area contributed by atoms with Crippen LogP contribution in [0.1, 0.15) is 65.7 Å². The van der Waals surface area contributed by atoms with Crippen molar-refractivity contribution in [3.63, 3.8) is 0 Å². The Kier molecular flexibility index (Phi) is 3.16. The first kappa shape index (κ1) is 13.4. The van der Waals surface area contributed by atoms with Crippen molar-refractivity contribution in [3.05, 3.63) is 0 Å². The molecule has 1 atom stereocenters. The summed E-state index contributed by atoms with van der Waals surface area (Å²) in [5.74, 6) is 1.04. The molecule has 1 N–H and O–H groups in total. The predicted octanol–water partition coefficient (Wildman–Crippen LogP) is 2.90. The maximum Gasteiger partial charge on any atom is 0.244 e. The zero-order valence-electron chi connectivity index (χ0n) is 12.7. The van der Waals surface area contributed by atoms with Gasteiger partial charge in [-0.05, 0) is 43.4 Å². The van der Waals surface area contributed by atoms with Crippen LogP contribution in [0.25, 0.3) is 0 Å². The quantitative estimate of drug-likeness (QED) is 0.847. The van der Waals surface area contributed by atoms with Crippen LogP contribution in [0.2, 0.25) is 0 Å². The number of amides is 1. The van der Waals surface area contributed by atoms with Crippen molar-refractivity contribution >= 4 is 5.91 Å². The van der Waals surface area contributed by atoms with E-state index in [0.29, 0.717) is 17.2 Å². The minimum absolute atomic E-state index is 0.190. The first-order valence-corrected chi connectivity index (χ1v) is 8.03. The van der Waals surface area contributed by atoms with Crippen LogP contribution in [0.15, 0.2) is 0 Å². The third kappa shape index (κ3) is 2.42. The van der Waals surface area contributed by atoms with E-state index < -0.39 is 0 Å². The zero-order chi connectivity index (χ0) is 13.7. The molecule has 0 bridgehead atoms. The second-order valence-electron chi connectivity index (χ2n) is 7.82. The Labute approximate surface area is 117 Å². The third-order valence-corrected chi connectivity index (χ3v) is 5.30. The highest BCUT2D eigenvalue weighted by Gasteiger charge is 2.54. The number of nitrogens with zero attached hydrogens (tertiary/aromatic N) is 1. The van der Waals surface area contributed by atoms with Crippen molar-refractivity contribution in [3.8, 4) is 0 Å². The lowest BCUT2D eigenvalue weighted by Crippen LogP contribution is -2.45. The molecular weight excluding hydrogens is 236 g/mol. The second kappa shape index (κ2) is 4.47. The number of nitrogens with one attached hydrogen (secondary N) is 1. The van der Waals surface area contributed by atoms with Gasteiger partial charge in [0, 0.05) is 6.54 Å². The summed E-state index contributed by atoms with van der Waals surface area (Å²) in [5.41, 5.74) is 0.224. The normalized spacial score (nSPS) is 31.7. The molecule has 3 fully saturated rings. The first-order valence-electron chi connectivity index (χ1n) is 8.03. The van der Waals surface area contributed by atoms with Crippen molar-refractivity contribution in [1.29, 1.82) is 0 Å². The molecule has 1 aliphatic heterocycles. The minimum Gasteiger partial charge on any atom is -0.325 e. The van der Waals surface area contributed by atoms with Crippen LogP contribution in [0.3, 0.4) is 0 Å². The van der Waals surface area contributed by atoms with Gasteiger partial charge in [-0.2, -0.15) is 0 Å². The summed E-state index contributed by atoms with van der Waals surface area (Å²) in [6.45, 7) is 7.80. The van der Waals surface area contributed by atoms with Gasteiger partial charge < -0.3 is 4.90 Å². The van der Waals surface area contributed by atoms with Crippen molar-refractivity contribution in [2.45, 2.75) is 77.4 Å². The van der Waals surface area contributed by atoms with Gasteiger partial charge in [-0.15, -0.1) is 0 Å². The number of hydrogen-bond donors (Lipinski definition) is 1. The van der Waals surface area contributed by atoms with Gasteiger partial charge in [-0.1, -0.05) is 33.6 Å². The number of carbonyl (C=O) groups excluding carboxylic acids is 1. The predicted molar refractivity (Wildman–Crippen MR) is 76.6 cm³/mol. The number of rotatable bonds is 4. The van der Waals surface area contributed by atoms with Gasteiger partial charge in [0.25, 0.3) is 0 Å². The fourth-order valence-electron chi connectivity index (χ4n) is 3.81. The van der Waals surface area contributed by atoms with Crippen molar-refractivity contribution in [1.82, 2.24) is 10.2 Å². The molecule has 1 spiro atoms. The molecule has 1 amide bonds. The molecule has 0 aromatic carbocycles. The molecule has 3 rings (SSSR count). The van der Waals surface area contributed by atoms with Crippen molar-refractivity contribution in [2.24, 2.45) is 11.3 Å². The summed E-state index contributed by atoms with van der Waals surface area (Å²) in [4.78, 5) is 15.1. The second-order valence-corrected chi connectivity index (χ2v) is 7.82. The first-order chi connectivity index (χ1) is 8.94. The highest BCUT2D eigenvalue weighted by molar-refractivity contribution is 5.89. The molecule has 2 aliphatic carbocycles. The van der Waals surface area contributed by atoms with Crippen LogP contribution in [0, 0.1) is 11.3 Å². The van der Waals surface area contributed by atoms with Gasteiger partial charge >= 0.3 is 0 Å². The molecule has 1 saturated heterocycles. The van der Waals surface area contributed by atoms with E-state index in [1.165, 1.54) is 25.7 Å². The van der Waals surface area contributed by atoms with Crippen LogP contribution in [-0.2, 0) is 4.79 Å². The molecule has 108 valence electrons. The van der Waals surface area contributed by atoms with Crippen molar-refractivity contribution < 1.29 is 4.79 Å². The standard InChI is InChI=1S/C16H28N2O/c1-12(2)10-13-17-16(6-4-5-7-16)14(19)18(13)11-15(3)8-9-15/h12-13,17H,4-11H2,1-3H3. The van der Waals surface area contributed by atoms with Crippen LogP contribution in [0.5, 0.6) is 0 Å². The van der Waals surface area contributed by atoms with E-state index in [-0.39, 0.29) is 11.7 Å². The molecule has 3 heteroatoms. The molecule has 19 heavy (non-hydrogen) atoms. The Morgan fingerprint density at radius 3 is 2.42 bits per heavy atom. The monoisotopic (exact) mass is 264 g/mol. The maximum atomic E-state index is 12.9. The Balaban J connectivity index is 1.78. The van der Waals surface area contributed by atoms with Crippen LogP contribution < -0.4 is 5.32 Å². The van der Waals surface area contributed by atoms with Crippen molar-refractivity contribution in [2.75, 3.05) is 6.54 Å². The zero-order valence-corrected chi connectivity index (χ0v) is 12.7. The van der Waals surface area contributed by atoms with Gasteiger partial charge in [0.15, 0.2) is 0 Å². The lowest BCUT2D eigenvalue weighted by molar-refractivity contribution is -0.134. The SMILES string of the molecule is CC(C)CC1NC2(CCCC2)C(=O)N1CC1(C)CC1. The maximum absolute atomic E-state index is 12.9. The molecule has 3 nitrogen and oxygen atoms in total.